The highest BCUT2D eigenvalue weighted by atomic mass is 35.5. The molecule has 3 aromatic rings. The maximum absolute atomic E-state index is 6.24. The molecule has 0 atom stereocenters. The highest BCUT2D eigenvalue weighted by Gasteiger charge is 2.22. The van der Waals surface area contributed by atoms with E-state index in [4.69, 9.17) is 67.2 Å². The minimum absolute atomic E-state index is 0.146. The van der Waals surface area contributed by atoms with Crippen molar-refractivity contribution in [1.29, 1.82) is 0 Å². The van der Waals surface area contributed by atoms with E-state index in [2.05, 4.69) is 0 Å². The number of ether oxygens (including phenoxy) is 1. The first-order valence-electron chi connectivity index (χ1n) is 5.38. The van der Waals surface area contributed by atoms with E-state index in [-0.39, 0.29) is 20.1 Å². The average molecular weight is 370 g/mol. The summed E-state index contributed by atoms with van der Waals surface area (Å²) >= 11 is 30.7. The molecular weight excluding hydrogens is 365 g/mol. The highest BCUT2D eigenvalue weighted by Crippen LogP contribution is 2.48. The third kappa shape index (κ3) is 1.87. The third-order valence-corrected chi connectivity index (χ3v) is 5.12. The van der Waals surface area contributed by atoms with Gasteiger partial charge in [0.2, 0.25) is 0 Å². The smallest absolute Gasteiger partial charge is 0.157 e. The quantitative estimate of drug-likeness (QED) is 0.345. The van der Waals surface area contributed by atoms with Gasteiger partial charge in [0.1, 0.15) is 15.8 Å². The van der Waals surface area contributed by atoms with Crippen molar-refractivity contribution in [1.82, 2.24) is 0 Å². The molecule has 0 unspecified atom stereocenters. The van der Waals surface area contributed by atoms with Crippen molar-refractivity contribution in [3.8, 4) is 5.75 Å². The Labute approximate surface area is 139 Å². The molecule has 104 valence electrons. The summed E-state index contributed by atoms with van der Waals surface area (Å²) in [5.41, 5.74) is 0.763. The molecule has 20 heavy (non-hydrogen) atoms. The monoisotopic (exact) mass is 368 g/mol. The summed E-state index contributed by atoms with van der Waals surface area (Å²) in [6.45, 7) is 0. The van der Waals surface area contributed by atoms with Gasteiger partial charge in [0.25, 0.3) is 0 Å². The molecule has 7 heteroatoms. The molecule has 0 spiro atoms. The van der Waals surface area contributed by atoms with Crippen molar-refractivity contribution in [2.24, 2.45) is 0 Å². The van der Waals surface area contributed by atoms with E-state index in [1.807, 2.05) is 0 Å². The SMILES string of the molecule is COc1ccc2c(oc3c(Cl)c(Cl)c(Cl)c(Cl)c32)c1Cl. The molecule has 3 rings (SSSR count). The van der Waals surface area contributed by atoms with Crippen molar-refractivity contribution >= 4 is 79.9 Å². The summed E-state index contributed by atoms with van der Waals surface area (Å²) in [4.78, 5) is 0. The summed E-state index contributed by atoms with van der Waals surface area (Å²) in [6, 6.07) is 3.49. The standard InChI is InChI=1S/C13H5Cl5O2/c1-19-5-3-2-4-6-8(15)9(16)10(17)11(18)13(6)20-12(4)7(5)14/h2-3H,1H3. The lowest BCUT2D eigenvalue weighted by Gasteiger charge is -2.03. The molecule has 0 saturated carbocycles. The van der Waals surface area contributed by atoms with Gasteiger partial charge in [-0.05, 0) is 12.1 Å². The van der Waals surface area contributed by atoms with Crippen LogP contribution in [0.4, 0.5) is 0 Å². The van der Waals surface area contributed by atoms with E-state index in [0.29, 0.717) is 32.7 Å². The molecule has 0 fully saturated rings. The number of fused-ring (bicyclic) bond motifs is 3. The van der Waals surface area contributed by atoms with Crippen LogP contribution in [-0.2, 0) is 0 Å². The molecule has 2 nitrogen and oxygen atoms in total. The fraction of sp³-hybridized carbons (Fsp3) is 0.0769. The number of halogens is 5. The summed E-state index contributed by atoms with van der Waals surface area (Å²) in [6.07, 6.45) is 0. The zero-order valence-corrected chi connectivity index (χ0v) is 13.6. The van der Waals surface area contributed by atoms with Crippen LogP contribution in [0, 0.1) is 0 Å². The molecular formula is C13H5Cl5O2. The second kappa shape index (κ2) is 5.04. The van der Waals surface area contributed by atoms with Crippen LogP contribution in [0.2, 0.25) is 25.1 Å². The fourth-order valence-corrected chi connectivity index (χ4v) is 3.30. The van der Waals surface area contributed by atoms with Gasteiger partial charge in [0.05, 0.1) is 27.6 Å². The summed E-state index contributed by atoms with van der Waals surface area (Å²) in [5, 5.41) is 2.40. The van der Waals surface area contributed by atoms with Gasteiger partial charge < -0.3 is 9.15 Å². The molecule has 0 bridgehead atoms. The van der Waals surface area contributed by atoms with Gasteiger partial charge in [0, 0.05) is 5.39 Å². The molecule has 0 saturated heterocycles. The zero-order valence-electron chi connectivity index (χ0n) is 9.86. The third-order valence-electron chi connectivity index (χ3n) is 2.98. The topological polar surface area (TPSA) is 22.4 Å². The zero-order chi connectivity index (χ0) is 14.6. The predicted octanol–water partition coefficient (Wildman–Crippen LogP) is 6.86. The first-order valence-corrected chi connectivity index (χ1v) is 7.27. The summed E-state index contributed by atoms with van der Waals surface area (Å²) < 4.78 is 10.8. The van der Waals surface area contributed by atoms with Crippen molar-refractivity contribution in [3.63, 3.8) is 0 Å². The van der Waals surface area contributed by atoms with Crippen LogP contribution in [0.15, 0.2) is 16.5 Å². The minimum atomic E-state index is 0.146. The normalized spacial score (nSPS) is 11.5. The van der Waals surface area contributed by atoms with Gasteiger partial charge in [-0.15, -0.1) is 0 Å². The summed E-state index contributed by atoms with van der Waals surface area (Å²) in [7, 11) is 1.52. The Morgan fingerprint density at radius 1 is 0.800 bits per heavy atom. The maximum atomic E-state index is 6.24. The Morgan fingerprint density at radius 3 is 2.10 bits per heavy atom. The molecule has 0 amide bonds. The van der Waals surface area contributed by atoms with Gasteiger partial charge >= 0.3 is 0 Å². The van der Waals surface area contributed by atoms with Gasteiger partial charge in [-0.25, -0.2) is 0 Å². The number of benzene rings is 2. The molecule has 1 aromatic heterocycles. The predicted molar refractivity (Wildman–Crippen MR) is 85.3 cm³/mol. The second-order valence-electron chi connectivity index (χ2n) is 4.02. The molecule has 0 aliphatic carbocycles. The van der Waals surface area contributed by atoms with E-state index in [1.165, 1.54) is 7.11 Å². The lowest BCUT2D eigenvalue weighted by Crippen LogP contribution is -1.83. The Kier molecular flexibility index (Phi) is 3.64. The van der Waals surface area contributed by atoms with Crippen molar-refractivity contribution in [3.05, 3.63) is 37.2 Å². The van der Waals surface area contributed by atoms with Crippen LogP contribution in [0.1, 0.15) is 0 Å². The van der Waals surface area contributed by atoms with E-state index in [9.17, 15) is 0 Å². The van der Waals surface area contributed by atoms with Crippen LogP contribution >= 0.6 is 58.0 Å². The Morgan fingerprint density at radius 2 is 1.45 bits per heavy atom. The van der Waals surface area contributed by atoms with Crippen molar-refractivity contribution in [2.75, 3.05) is 7.11 Å². The number of rotatable bonds is 1. The molecule has 0 N–H and O–H groups in total. The molecule has 0 radical (unpaired) electrons. The maximum Gasteiger partial charge on any atom is 0.157 e. The van der Waals surface area contributed by atoms with Crippen molar-refractivity contribution < 1.29 is 9.15 Å². The second-order valence-corrected chi connectivity index (χ2v) is 5.91. The van der Waals surface area contributed by atoms with Crippen molar-refractivity contribution in [2.45, 2.75) is 0 Å². The fourth-order valence-electron chi connectivity index (χ4n) is 2.04. The number of hydrogen-bond donors (Lipinski definition) is 0. The van der Waals surface area contributed by atoms with Gasteiger partial charge in [-0.3, -0.25) is 0 Å². The molecule has 0 aliphatic rings. The first-order chi connectivity index (χ1) is 9.47. The minimum Gasteiger partial charge on any atom is -0.495 e. The largest absolute Gasteiger partial charge is 0.495 e. The number of furan rings is 1. The van der Waals surface area contributed by atoms with E-state index < -0.39 is 0 Å². The van der Waals surface area contributed by atoms with Crippen LogP contribution < -0.4 is 4.74 Å². The molecule has 0 aliphatic heterocycles. The van der Waals surface area contributed by atoms with E-state index in [1.54, 1.807) is 12.1 Å². The average Bonchev–Trinajstić information content (AvgIpc) is 2.84. The Hall–Kier alpha value is -0.510. The van der Waals surface area contributed by atoms with E-state index >= 15 is 0 Å². The van der Waals surface area contributed by atoms with Crippen LogP contribution in [0.5, 0.6) is 5.75 Å². The van der Waals surface area contributed by atoms with E-state index in [0.717, 1.165) is 0 Å². The first kappa shape index (κ1) is 14.4. The van der Waals surface area contributed by atoms with Gasteiger partial charge in [0.15, 0.2) is 11.2 Å². The molecule has 1 heterocycles. The summed E-state index contributed by atoms with van der Waals surface area (Å²) in [5.74, 6) is 0.489. The lowest BCUT2D eigenvalue weighted by atomic mass is 10.1. The lowest BCUT2D eigenvalue weighted by molar-refractivity contribution is 0.415. The highest BCUT2D eigenvalue weighted by molar-refractivity contribution is 6.56. The van der Waals surface area contributed by atoms with Crippen LogP contribution in [0.3, 0.4) is 0 Å². The van der Waals surface area contributed by atoms with Gasteiger partial charge in [-0.1, -0.05) is 58.0 Å². The van der Waals surface area contributed by atoms with Gasteiger partial charge in [-0.2, -0.15) is 0 Å². The number of methoxy groups -OCH3 is 1. The Balaban J connectivity index is 2.59. The Bertz CT molecular complexity index is 853. The molecule has 2 aromatic carbocycles. The number of hydrogen-bond acceptors (Lipinski definition) is 2. The van der Waals surface area contributed by atoms with Crippen LogP contribution in [-0.4, -0.2) is 7.11 Å². The van der Waals surface area contributed by atoms with Crippen LogP contribution in [0.25, 0.3) is 21.9 Å².